The molecule has 0 saturated heterocycles. The van der Waals surface area contributed by atoms with Gasteiger partial charge in [0.25, 0.3) is 0 Å². The third kappa shape index (κ3) is 2.34. The highest BCUT2D eigenvalue weighted by Gasteiger charge is 2.16. The first kappa shape index (κ1) is 12.9. The normalized spacial score (nSPS) is 10.4. The molecule has 0 aliphatic rings. The van der Waals surface area contributed by atoms with E-state index >= 15 is 0 Å². The average Bonchev–Trinajstić information content (AvgIpc) is 2.35. The molecule has 0 saturated carbocycles. The number of benzene rings is 2. The van der Waals surface area contributed by atoms with Crippen molar-refractivity contribution >= 4 is 21.7 Å². The second kappa shape index (κ2) is 4.98. The van der Waals surface area contributed by atoms with E-state index in [0.717, 1.165) is 0 Å². The van der Waals surface area contributed by atoms with Crippen LogP contribution in [0.4, 0.5) is 8.78 Å². The van der Waals surface area contributed by atoms with E-state index in [-0.39, 0.29) is 21.4 Å². The Kier molecular flexibility index (Phi) is 3.57. The lowest BCUT2D eigenvalue weighted by Crippen LogP contribution is -2.05. The summed E-state index contributed by atoms with van der Waals surface area (Å²) in [7, 11) is 0. The van der Waals surface area contributed by atoms with Gasteiger partial charge in [0.2, 0.25) is 0 Å². The van der Waals surface area contributed by atoms with Crippen molar-refractivity contribution in [1.82, 2.24) is 0 Å². The lowest BCUT2D eigenvalue weighted by molar-refractivity contribution is 0.103. The number of carbonyl (C=O) groups is 1. The zero-order valence-electron chi connectivity index (χ0n) is 9.51. The number of rotatable bonds is 2. The second-order valence-electron chi connectivity index (χ2n) is 3.89. The average molecular weight is 311 g/mol. The molecule has 18 heavy (non-hydrogen) atoms. The summed E-state index contributed by atoms with van der Waals surface area (Å²) in [4.78, 5) is 12.1. The van der Waals surface area contributed by atoms with Gasteiger partial charge in [-0.1, -0.05) is 6.07 Å². The first-order valence-corrected chi connectivity index (χ1v) is 6.05. The Morgan fingerprint density at radius 3 is 2.56 bits per heavy atom. The molecule has 0 unspecified atom stereocenters. The standard InChI is InChI=1S/C14H9BrF2O/c1-8-7-9(5-6-12(8)16)14(18)10-3-2-4-11(15)13(10)17/h2-7H,1H3. The molecule has 92 valence electrons. The fourth-order valence-corrected chi connectivity index (χ4v) is 1.99. The molecule has 0 N–H and O–H groups in total. The molecule has 0 heterocycles. The molecule has 0 atom stereocenters. The minimum Gasteiger partial charge on any atom is -0.288 e. The lowest BCUT2D eigenvalue weighted by atomic mass is 10.0. The van der Waals surface area contributed by atoms with Gasteiger partial charge in [0, 0.05) is 5.56 Å². The van der Waals surface area contributed by atoms with Crippen LogP contribution in [-0.4, -0.2) is 5.78 Å². The Morgan fingerprint density at radius 1 is 1.17 bits per heavy atom. The van der Waals surface area contributed by atoms with Gasteiger partial charge in [0.05, 0.1) is 10.0 Å². The smallest absolute Gasteiger partial charge is 0.196 e. The van der Waals surface area contributed by atoms with E-state index in [9.17, 15) is 13.6 Å². The van der Waals surface area contributed by atoms with Crippen molar-refractivity contribution in [1.29, 1.82) is 0 Å². The predicted octanol–water partition coefficient (Wildman–Crippen LogP) is 4.27. The molecule has 4 heteroatoms. The maximum absolute atomic E-state index is 13.8. The van der Waals surface area contributed by atoms with Gasteiger partial charge >= 0.3 is 0 Å². The summed E-state index contributed by atoms with van der Waals surface area (Å²) in [6.45, 7) is 1.56. The Hall–Kier alpha value is -1.55. The van der Waals surface area contributed by atoms with Crippen LogP contribution >= 0.6 is 15.9 Å². The molecule has 0 radical (unpaired) electrons. The summed E-state index contributed by atoms with van der Waals surface area (Å²) >= 11 is 3.03. The molecular weight excluding hydrogens is 302 g/mol. The highest BCUT2D eigenvalue weighted by Crippen LogP contribution is 2.21. The number of halogens is 3. The highest BCUT2D eigenvalue weighted by atomic mass is 79.9. The van der Waals surface area contributed by atoms with E-state index in [1.807, 2.05) is 0 Å². The van der Waals surface area contributed by atoms with Crippen LogP contribution in [0.25, 0.3) is 0 Å². The van der Waals surface area contributed by atoms with E-state index in [1.165, 1.54) is 30.3 Å². The van der Waals surface area contributed by atoms with Crippen molar-refractivity contribution in [2.75, 3.05) is 0 Å². The summed E-state index contributed by atoms with van der Waals surface area (Å²) in [5, 5.41) is 0. The molecule has 0 aliphatic heterocycles. The Balaban J connectivity index is 2.48. The van der Waals surface area contributed by atoms with Crippen LogP contribution in [0.15, 0.2) is 40.9 Å². The fraction of sp³-hybridized carbons (Fsp3) is 0.0714. The second-order valence-corrected chi connectivity index (χ2v) is 4.75. The maximum Gasteiger partial charge on any atom is 0.196 e. The Bertz CT molecular complexity index is 623. The fourth-order valence-electron chi connectivity index (χ4n) is 1.62. The van der Waals surface area contributed by atoms with Crippen LogP contribution < -0.4 is 0 Å². The summed E-state index contributed by atoms with van der Waals surface area (Å²) in [6.07, 6.45) is 0. The van der Waals surface area contributed by atoms with Gasteiger partial charge in [-0.05, 0) is 58.7 Å². The molecule has 0 aromatic heterocycles. The number of ketones is 1. The van der Waals surface area contributed by atoms with Crippen molar-refractivity contribution < 1.29 is 13.6 Å². The number of hydrogen-bond acceptors (Lipinski definition) is 1. The van der Waals surface area contributed by atoms with E-state index in [1.54, 1.807) is 13.0 Å². The summed E-state index contributed by atoms with van der Waals surface area (Å²) in [6, 6.07) is 8.47. The van der Waals surface area contributed by atoms with Crippen LogP contribution in [0.5, 0.6) is 0 Å². The van der Waals surface area contributed by atoms with Crippen molar-refractivity contribution in [2.24, 2.45) is 0 Å². The third-order valence-electron chi connectivity index (χ3n) is 2.62. The molecule has 0 amide bonds. The Labute approximate surface area is 112 Å². The van der Waals surface area contributed by atoms with Crippen molar-refractivity contribution in [3.05, 3.63) is 69.2 Å². The van der Waals surface area contributed by atoms with E-state index < -0.39 is 11.6 Å². The third-order valence-corrected chi connectivity index (χ3v) is 3.23. The van der Waals surface area contributed by atoms with Crippen LogP contribution in [-0.2, 0) is 0 Å². The SMILES string of the molecule is Cc1cc(C(=O)c2cccc(Br)c2F)ccc1F. The molecule has 1 nitrogen and oxygen atoms in total. The minimum absolute atomic E-state index is 0.0321. The van der Waals surface area contributed by atoms with E-state index in [0.29, 0.717) is 5.56 Å². The topological polar surface area (TPSA) is 17.1 Å². The quantitative estimate of drug-likeness (QED) is 0.757. The first-order valence-electron chi connectivity index (χ1n) is 5.25. The predicted molar refractivity (Wildman–Crippen MR) is 68.7 cm³/mol. The first-order chi connectivity index (χ1) is 8.50. The van der Waals surface area contributed by atoms with Crippen LogP contribution in [0.2, 0.25) is 0 Å². The number of carbonyl (C=O) groups excluding carboxylic acids is 1. The summed E-state index contributed by atoms with van der Waals surface area (Å²) in [5.74, 6) is -1.46. The molecule has 0 fully saturated rings. The van der Waals surface area contributed by atoms with E-state index in [2.05, 4.69) is 15.9 Å². The largest absolute Gasteiger partial charge is 0.288 e. The summed E-state index contributed by atoms with van der Waals surface area (Å²) < 4.78 is 27.1. The van der Waals surface area contributed by atoms with Crippen molar-refractivity contribution in [3.8, 4) is 0 Å². The zero-order chi connectivity index (χ0) is 13.3. The van der Waals surface area contributed by atoms with Crippen LogP contribution in [0.1, 0.15) is 21.5 Å². The van der Waals surface area contributed by atoms with Gasteiger partial charge < -0.3 is 0 Å². The van der Waals surface area contributed by atoms with Gasteiger partial charge in [0.15, 0.2) is 5.78 Å². The zero-order valence-corrected chi connectivity index (χ0v) is 11.1. The molecule has 2 aromatic rings. The van der Waals surface area contributed by atoms with Crippen molar-refractivity contribution in [2.45, 2.75) is 6.92 Å². The molecule has 0 aliphatic carbocycles. The molecule has 0 bridgehead atoms. The monoisotopic (exact) mass is 310 g/mol. The van der Waals surface area contributed by atoms with Gasteiger partial charge in [-0.25, -0.2) is 8.78 Å². The van der Waals surface area contributed by atoms with Crippen LogP contribution in [0.3, 0.4) is 0 Å². The van der Waals surface area contributed by atoms with E-state index in [4.69, 9.17) is 0 Å². The molecule has 2 aromatic carbocycles. The van der Waals surface area contributed by atoms with Gasteiger partial charge in [-0.2, -0.15) is 0 Å². The van der Waals surface area contributed by atoms with Gasteiger partial charge in [0.1, 0.15) is 11.6 Å². The number of hydrogen-bond donors (Lipinski definition) is 0. The van der Waals surface area contributed by atoms with Crippen molar-refractivity contribution in [3.63, 3.8) is 0 Å². The highest BCUT2D eigenvalue weighted by molar-refractivity contribution is 9.10. The maximum atomic E-state index is 13.8. The van der Waals surface area contributed by atoms with Gasteiger partial charge in [-0.3, -0.25) is 4.79 Å². The molecule has 2 rings (SSSR count). The number of aryl methyl sites for hydroxylation is 1. The molecular formula is C14H9BrF2O. The van der Waals surface area contributed by atoms with Gasteiger partial charge in [-0.15, -0.1) is 0 Å². The molecule has 0 spiro atoms. The Morgan fingerprint density at radius 2 is 1.89 bits per heavy atom. The van der Waals surface area contributed by atoms with Crippen LogP contribution in [0, 0.1) is 18.6 Å². The minimum atomic E-state index is -0.607. The lowest BCUT2D eigenvalue weighted by Gasteiger charge is -2.05. The summed E-state index contributed by atoms with van der Waals surface area (Å²) in [5.41, 5.74) is 0.595.